The summed E-state index contributed by atoms with van der Waals surface area (Å²) in [7, 11) is 0. The van der Waals surface area contributed by atoms with Crippen LogP contribution in [0.2, 0.25) is 10.0 Å². The van der Waals surface area contributed by atoms with Crippen molar-refractivity contribution in [2.45, 2.75) is 19.9 Å². The predicted octanol–water partition coefficient (Wildman–Crippen LogP) is 6.38. The molecule has 0 aromatic heterocycles. The second-order valence-corrected chi connectivity index (χ2v) is 6.29. The Bertz CT molecular complexity index is 646. The van der Waals surface area contributed by atoms with Crippen molar-refractivity contribution in [1.82, 2.24) is 0 Å². The van der Waals surface area contributed by atoms with Crippen molar-refractivity contribution < 1.29 is 4.39 Å². The highest BCUT2D eigenvalue weighted by atomic mass is 79.9. The van der Waals surface area contributed by atoms with E-state index in [1.54, 1.807) is 12.1 Å². The Morgan fingerprint density at radius 3 is 2.50 bits per heavy atom. The Morgan fingerprint density at radius 2 is 1.85 bits per heavy atom. The van der Waals surface area contributed by atoms with E-state index in [-0.39, 0.29) is 11.1 Å². The molecule has 0 aliphatic carbocycles. The van der Waals surface area contributed by atoms with Gasteiger partial charge in [-0.05, 0) is 65.2 Å². The van der Waals surface area contributed by atoms with Crippen LogP contribution in [-0.2, 0) is 0 Å². The van der Waals surface area contributed by atoms with E-state index in [0.29, 0.717) is 5.02 Å². The van der Waals surface area contributed by atoms with Gasteiger partial charge >= 0.3 is 0 Å². The zero-order valence-electron chi connectivity index (χ0n) is 11.0. The summed E-state index contributed by atoms with van der Waals surface area (Å²) in [6.07, 6.45) is 0. The summed E-state index contributed by atoms with van der Waals surface area (Å²) < 4.78 is 14.4. The van der Waals surface area contributed by atoms with E-state index in [9.17, 15) is 4.39 Å². The fourth-order valence-electron chi connectivity index (χ4n) is 1.86. The monoisotopic (exact) mass is 375 g/mol. The average molecular weight is 377 g/mol. The van der Waals surface area contributed by atoms with Gasteiger partial charge in [0.25, 0.3) is 0 Å². The number of rotatable bonds is 3. The topological polar surface area (TPSA) is 12.0 Å². The van der Waals surface area contributed by atoms with Crippen LogP contribution < -0.4 is 5.32 Å². The molecule has 0 bridgehead atoms. The summed E-state index contributed by atoms with van der Waals surface area (Å²) in [4.78, 5) is 0. The van der Waals surface area contributed by atoms with Gasteiger partial charge in [-0.3, -0.25) is 0 Å². The quantitative estimate of drug-likeness (QED) is 0.655. The summed E-state index contributed by atoms with van der Waals surface area (Å²) in [5.74, 6) is -0.418. The molecule has 2 aromatic carbocycles. The third-order valence-electron chi connectivity index (χ3n) is 3.06. The Morgan fingerprint density at radius 1 is 1.15 bits per heavy atom. The first-order chi connectivity index (χ1) is 9.38. The molecular formula is C15H13BrCl2FN. The number of hydrogen-bond acceptors (Lipinski definition) is 1. The zero-order valence-corrected chi connectivity index (χ0v) is 14.1. The maximum atomic E-state index is 13.5. The van der Waals surface area contributed by atoms with Crippen LogP contribution in [0.4, 0.5) is 10.1 Å². The molecule has 0 aliphatic rings. The molecule has 106 valence electrons. The van der Waals surface area contributed by atoms with Crippen LogP contribution in [0.15, 0.2) is 34.8 Å². The Kier molecular flexibility index (Phi) is 4.95. The van der Waals surface area contributed by atoms with E-state index in [4.69, 9.17) is 23.2 Å². The fourth-order valence-corrected chi connectivity index (χ4v) is 2.71. The van der Waals surface area contributed by atoms with E-state index < -0.39 is 5.82 Å². The van der Waals surface area contributed by atoms with Crippen molar-refractivity contribution in [2.24, 2.45) is 0 Å². The number of halogens is 4. The number of aryl methyl sites for hydroxylation is 1. The molecule has 0 fully saturated rings. The molecule has 2 rings (SSSR count). The highest BCUT2D eigenvalue weighted by molar-refractivity contribution is 9.10. The maximum Gasteiger partial charge on any atom is 0.142 e. The van der Waals surface area contributed by atoms with Gasteiger partial charge in [-0.2, -0.15) is 0 Å². The summed E-state index contributed by atoms with van der Waals surface area (Å²) in [5.41, 5.74) is 2.67. The minimum absolute atomic E-state index is 0.0724. The molecule has 0 radical (unpaired) electrons. The van der Waals surface area contributed by atoms with Gasteiger partial charge in [-0.25, -0.2) is 4.39 Å². The molecule has 0 spiro atoms. The van der Waals surface area contributed by atoms with Crippen LogP contribution >= 0.6 is 39.1 Å². The zero-order chi connectivity index (χ0) is 14.9. The van der Waals surface area contributed by atoms with Crippen LogP contribution in [-0.4, -0.2) is 0 Å². The molecular weight excluding hydrogens is 364 g/mol. The van der Waals surface area contributed by atoms with Crippen molar-refractivity contribution in [2.75, 3.05) is 5.32 Å². The first-order valence-electron chi connectivity index (χ1n) is 6.05. The lowest BCUT2D eigenvalue weighted by Gasteiger charge is -2.18. The SMILES string of the molecule is Cc1cc(Br)c(NC(C)c2ccc(Cl)c(F)c2)cc1Cl. The molecule has 5 heteroatoms. The molecule has 0 saturated heterocycles. The van der Waals surface area contributed by atoms with Crippen molar-refractivity contribution >= 4 is 44.8 Å². The van der Waals surface area contributed by atoms with Gasteiger partial charge in [0.15, 0.2) is 0 Å². The Hall–Kier alpha value is -0.770. The minimum atomic E-state index is -0.418. The number of anilines is 1. The molecule has 0 heterocycles. The van der Waals surface area contributed by atoms with Gasteiger partial charge < -0.3 is 5.32 Å². The second kappa shape index (κ2) is 6.33. The van der Waals surface area contributed by atoms with Gasteiger partial charge in [0.2, 0.25) is 0 Å². The Labute approximate surface area is 136 Å². The van der Waals surface area contributed by atoms with Gasteiger partial charge in [-0.1, -0.05) is 29.3 Å². The van der Waals surface area contributed by atoms with Crippen LogP contribution in [0.25, 0.3) is 0 Å². The predicted molar refractivity (Wildman–Crippen MR) is 87.3 cm³/mol. The van der Waals surface area contributed by atoms with Crippen LogP contribution in [0.5, 0.6) is 0 Å². The molecule has 1 nitrogen and oxygen atoms in total. The molecule has 0 saturated carbocycles. The highest BCUT2D eigenvalue weighted by Gasteiger charge is 2.11. The van der Waals surface area contributed by atoms with Crippen molar-refractivity contribution in [3.63, 3.8) is 0 Å². The van der Waals surface area contributed by atoms with Gasteiger partial charge in [0.05, 0.1) is 10.7 Å². The van der Waals surface area contributed by atoms with Crippen molar-refractivity contribution in [3.05, 3.63) is 61.8 Å². The normalized spacial score (nSPS) is 12.3. The first-order valence-corrected chi connectivity index (χ1v) is 7.60. The lowest BCUT2D eigenvalue weighted by atomic mass is 10.1. The third kappa shape index (κ3) is 3.46. The van der Waals surface area contributed by atoms with Crippen LogP contribution in [0.3, 0.4) is 0 Å². The average Bonchev–Trinajstić information content (AvgIpc) is 2.39. The van der Waals surface area contributed by atoms with Crippen LogP contribution in [0.1, 0.15) is 24.1 Å². The lowest BCUT2D eigenvalue weighted by molar-refractivity contribution is 0.624. The van der Waals surface area contributed by atoms with E-state index in [2.05, 4.69) is 21.2 Å². The molecule has 20 heavy (non-hydrogen) atoms. The van der Waals surface area contributed by atoms with Crippen LogP contribution in [0, 0.1) is 12.7 Å². The third-order valence-corrected chi connectivity index (χ3v) is 4.43. The highest BCUT2D eigenvalue weighted by Crippen LogP contribution is 2.32. The molecule has 0 aliphatic heterocycles. The van der Waals surface area contributed by atoms with E-state index in [0.717, 1.165) is 21.3 Å². The largest absolute Gasteiger partial charge is 0.378 e. The van der Waals surface area contributed by atoms with Gasteiger partial charge in [-0.15, -0.1) is 0 Å². The molecule has 2 aromatic rings. The summed E-state index contributed by atoms with van der Waals surface area (Å²) in [6.45, 7) is 3.89. The standard InChI is InChI=1S/C15H13BrCl2FN/c1-8-5-11(16)15(7-13(8)18)20-9(2)10-3-4-12(17)14(19)6-10/h3-7,9,20H,1-2H3. The number of nitrogens with one attached hydrogen (secondary N) is 1. The van der Waals surface area contributed by atoms with E-state index >= 15 is 0 Å². The smallest absolute Gasteiger partial charge is 0.142 e. The Balaban J connectivity index is 2.25. The number of hydrogen-bond donors (Lipinski definition) is 1. The van der Waals surface area contributed by atoms with E-state index in [1.165, 1.54) is 6.07 Å². The molecule has 1 N–H and O–H groups in total. The minimum Gasteiger partial charge on any atom is -0.378 e. The summed E-state index contributed by atoms with van der Waals surface area (Å²) in [6, 6.07) is 8.51. The maximum absolute atomic E-state index is 13.5. The summed E-state index contributed by atoms with van der Waals surface area (Å²) in [5, 5.41) is 4.11. The molecule has 1 atom stereocenters. The first kappa shape index (κ1) is 15.6. The van der Waals surface area contributed by atoms with Gasteiger partial charge in [0, 0.05) is 15.5 Å². The molecule has 1 unspecified atom stereocenters. The van der Waals surface area contributed by atoms with Crippen molar-refractivity contribution in [3.8, 4) is 0 Å². The van der Waals surface area contributed by atoms with Crippen molar-refractivity contribution in [1.29, 1.82) is 0 Å². The lowest BCUT2D eigenvalue weighted by Crippen LogP contribution is -2.07. The fraction of sp³-hybridized carbons (Fsp3) is 0.200. The second-order valence-electron chi connectivity index (χ2n) is 4.62. The number of benzene rings is 2. The molecule has 0 amide bonds. The summed E-state index contributed by atoms with van der Waals surface area (Å²) >= 11 is 15.3. The van der Waals surface area contributed by atoms with Gasteiger partial charge in [0.1, 0.15) is 5.82 Å². The van der Waals surface area contributed by atoms with E-state index in [1.807, 2.05) is 26.0 Å².